The van der Waals surface area contributed by atoms with Gasteiger partial charge in [0.2, 0.25) is 0 Å². The van der Waals surface area contributed by atoms with Crippen LogP contribution in [0.5, 0.6) is 5.75 Å². The molecule has 2 rings (SSSR count). The minimum absolute atomic E-state index is 0.605. The molecule has 0 N–H and O–H groups in total. The van der Waals surface area contributed by atoms with Crippen LogP contribution in [-0.2, 0) is 16.1 Å². The van der Waals surface area contributed by atoms with Crippen molar-refractivity contribution in [3.63, 3.8) is 0 Å². The summed E-state index contributed by atoms with van der Waals surface area (Å²) in [6.07, 6.45) is 6.24. The Hall–Kier alpha value is -1.61. The average molecular weight is 274 g/mol. The number of ether oxygens (including phenoxy) is 2. The summed E-state index contributed by atoms with van der Waals surface area (Å²) in [7, 11) is 1.66. The van der Waals surface area contributed by atoms with Gasteiger partial charge in [0.1, 0.15) is 12.0 Å². The molecule has 0 radical (unpaired) electrons. The van der Waals surface area contributed by atoms with E-state index in [9.17, 15) is 4.79 Å². The molecule has 3 nitrogen and oxygen atoms in total. The molecule has 1 aromatic rings. The van der Waals surface area contributed by atoms with Crippen molar-refractivity contribution in [3.05, 3.63) is 41.0 Å². The van der Waals surface area contributed by atoms with Gasteiger partial charge in [-0.25, -0.2) is 0 Å². The van der Waals surface area contributed by atoms with E-state index >= 15 is 0 Å². The minimum Gasteiger partial charge on any atom is -0.497 e. The highest BCUT2D eigenvalue weighted by Crippen LogP contribution is 2.25. The number of methoxy groups -OCH3 is 1. The number of rotatable bonds is 7. The van der Waals surface area contributed by atoms with E-state index < -0.39 is 0 Å². The molecule has 1 aliphatic rings. The highest BCUT2D eigenvalue weighted by atomic mass is 16.5. The van der Waals surface area contributed by atoms with Gasteiger partial charge in [0.05, 0.1) is 20.3 Å². The molecule has 0 saturated carbocycles. The standard InChI is InChI=1S/C17H22O3/c1-19-17-8-6-14(7-9-17)13-20-11-10-15-4-2-3-5-16(15)12-18/h6-9,12H,2-5,10-11,13H2,1H3. The van der Waals surface area contributed by atoms with Gasteiger partial charge in [0, 0.05) is 0 Å². The fourth-order valence-electron chi connectivity index (χ4n) is 2.53. The van der Waals surface area contributed by atoms with E-state index in [-0.39, 0.29) is 0 Å². The molecule has 3 heteroatoms. The van der Waals surface area contributed by atoms with E-state index in [0.29, 0.717) is 13.2 Å². The molecular weight excluding hydrogens is 252 g/mol. The van der Waals surface area contributed by atoms with Crippen LogP contribution >= 0.6 is 0 Å². The maximum Gasteiger partial charge on any atom is 0.145 e. The Balaban J connectivity index is 1.75. The van der Waals surface area contributed by atoms with Crippen molar-refractivity contribution in [1.29, 1.82) is 0 Å². The Kier molecular flexibility index (Phi) is 5.81. The summed E-state index contributed by atoms with van der Waals surface area (Å²) in [5.74, 6) is 0.858. The molecule has 0 spiro atoms. The molecule has 0 saturated heterocycles. The summed E-state index contributed by atoms with van der Waals surface area (Å²) in [6.45, 7) is 1.28. The number of carbonyl (C=O) groups excluding carboxylic acids is 1. The first-order chi connectivity index (χ1) is 9.83. The molecule has 1 aliphatic carbocycles. The maximum absolute atomic E-state index is 11.0. The van der Waals surface area contributed by atoms with E-state index in [0.717, 1.165) is 48.9 Å². The molecule has 20 heavy (non-hydrogen) atoms. The Morgan fingerprint density at radius 1 is 1.15 bits per heavy atom. The van der Waals surface area contributed by atoms with Gasteiger partial charge >= 0.3 is 0 Å². The predicted molar refractivity (Wildman–Crippen MR) is 78.8 cm³/mol. The smallest absolute Gasteiger partial charge is 0.145 e. The summed E-state index contributed by atoms with van der Waals surface area (Å²) < 4.78 is 10.8. The monoisotopic (exact) mass is 274 g/mol. The van der Waals surface area contributed by atoms with Gasteiger partial charge in [0.25, 0.3) is 0 Å². The lowest BCUT2D eigenvalue weighted by molar-refractivity contribution is -0.105. The van der Waals surface area contributed by atoms with E-state index in [1.165, 1.54) is 12.0 Å². The molecule has 1 aromatic carbocycles. The van der Waals surface area contributed by atoms with E-state index in [2.05, 4.69) is 0 Å². The van der Waals surface area contributed by atoms with Crippen LogP contribution in [0, 0.1) is 0 Å². The lowest BCUT2D eigenvalue weighted by atomic mass is 9.91. The van der Waals surface area contributed by atoms with Crippen molar-refractivity contribution in [3.8, 4) is 5.75 Å². The zero-order chi connectivity index (χ0) is 14.2. The lowest BCUT2D eigenvalue weighted by Crippen LogP contribution is -2.05. The maximum atomic E-state index is 11.0. The fourth-order valence-corrected chi connectivity index (χ4v) is 2.53. The zero-order valence-corrected chi connectivity index (χ0v) is 12.1. The summed E-state index contributed by atoms with van der Waals surface area (Å²) in [6, 6.07) is 7.89. The van der Waals surface area contributed by atoms with E-state index in [1.54, 1.807) is 7.11 Å². The van der Waals surface area contributed by atoms with Crippen LogP contribution in [0.3, 0.4) is 0 Å². The minimum atomic E-state index is 0.605. The predicted octanol–water partition coefficient (Wildman–Crippen LogP) is 3.67. The second-order valence-corrected chi connectivity index (χ2v) is 5.10. The van der Waals surface area contributed by atoms with Gasteiger partial charge in [-0.05, 0) is 55.4 Å². The normalized spacial score (nSPS) is 15.2. The second kappa shape index (κ2) is 7.85. The van der Waals surface area contributed by atoms with Crippen molar-refractivity contribution in [2.45, 2.75) is 38.7 Å². The summed E-state index contributed by atoms with van der Waals surface area (Å²) >= 11 is 0. The van der Waals surface area contributed by atoms with Crippen molar-refractivity contribution >= 4 is 6.29 Å². The molecule has 0 unspecified atom stereocenters. The highest BCUT2D eigenvalue weighted by molar-refractivity contribution is 5.74. The zero-order valence-electron chi connectivity index (χ0n) is 12.1. The van der Waals surface area contributed by atoms with E-state index in [4.69, 9.17) is 9.47 Å². The first kappa shape index (κ1) is 14.8. The summed E-state index contributed by atoms with van der Waals surface area (Å²) in [4.78, 5) is 11.0. The van der Waals surface area contributed by atoms with Crippen molar-refractivity contribution in [2.75, 3.05) is 13.7 Å². The average Bonchev–Trinajstić information content (AvgIpc) is 2.52. The number of aldehydes is 1. The van der Waals surface area contributed by atoms with Gasteiger partial charge in [-0.1, -0.05) is 17.7 Å². The Morgan fingerprint density at radius 2 is 1.90 bits per heavy atom. The Labute approximate surface area is 120 Å². The quantitative estimate of drug-likeness (QED) is 0.562. The van der Waals surface area contributed by atoms with Crippen LogP contribution in [0.2, 0.25) is 0 Å². The largest absolute Gasteiger partial charge is 0.497 e. The highest BCUT2D eigenvalue weighted by Gasteiger charge is 2.11. The Bertz CT molecular complexity index is 460. The van der Waals surface area contributed by atoms with Crippen LogP contribution < -0.4 is 4.74 Å². The van der Waals surface area contributed by atoms with Crippen LogP contribution in [0.1, 0.15) is 37.7 Å². The van der Waals surface area contributed by atoms with Gasteiger partial charge in [-0.3, -0.25) is 4.79 Å². The number of allylic oxidation sites excluding steroid dienone is 1. The second-order valence-electron chi connectivity index (χ2n) is 5.10. The van der Waals surface area contributed by atoms with Gasteiger partial charge < -0.3 is 9.47 Å². The molecular formula is C17H22O3. The third kappa shape index (κ3) is 4.20. The van der Waals surface area contributed by atoms with Crippen molar-refractivity contribution in [2.24, 2.45) is 0 Å². The van der Waals surface area contributed by atoms with Crippen LogP contribution in [0.15, 0.2) is 35.4 Å². The van der Waals surface area contributed by atoms with Gasteiger partial charge in [-0.15, -0.1) is 0 Å². The summed E-state index contributed by atoms with van der Waals surface area (Å²) in [5.41, 5.74) is 3.43. The first-order valence-electron chi connectivity index (χ1n) is 7.20. The first-order valence-corrected chi connectivity index (χ1v) is 7.20. The molecule has 0 bridgehead atoms. The molecule has 108 valence electrons. The molecule has 0 atom stereocenters. The topological polar surface area (TPSA) is 35.5 Å². The SMILES string of the molecule is COc1ccc(COCCC2=C(C=O)CCCC2)cc1. The molecule has 0 heterocycles. The third-order valence-corrected chi connectivity index (χ3v) is 3.75. The lowest BCUT2D eigenvalue weighted by Gasteiger charge is -2.16. The fraction of sp³-hybridized carbons (Fsp3) is 0.471. The number of benzene rings is 1. The molecule has 0 aromatic heterocycles. The number of hydrogen-bond acceptors (Lipinski definition) is 3. The summed E-state index contributed by atoms with van der Waals surface area (Å²) in [5, 5.41) is 0. The number of hydrogen-bond donors (Lipinski definition) is 0. The van der Waals surface area contributed by atoms with Crippen LogP contribution in [-0.4, -0.2) is 20.0 Å². The Morgan fingerprint density at radius 3 is 2.60 bits per heavy atom. The van der Waals surface area contributed by atoms with Crippen LogP contribution in [0.4, 0.5) is 0 Å². The van der Waals surface area contributed by atoms with Crippen molar-refractivity contribution < 1.29 is 14.3 Å². The van der Waals surface area contributed by atoms with E-state index in [1.807, 2.05) is 24.3 Å². The third-order valence-electron chi connectivity index (χ3n) is 3.75. The van der Waals surface area contributed by atoms with Gasteiger partial charge in [0.15, 0.2) is 0 Å². The number of carbonyl (C=O) groups is 1. The molecule has 0 aliphatic heterocycles. The van der Waals surface area contributed by atoms with Crippen molar-refractivity contribution in [1.82, 2.24) is 0 Å². The molecule has 0 amide bonds. The van der Waals surface area contributed by atoms with Gasteiger partial charge in [-0.2, -0.15) is 0 Å². The molecule has 0 fully saturated rings. The van der Waals surface area contributed by atoms with Crippen LogP contribution in [0.25, 0.3) is 0 Å².